The van der Waals surface area contributed by atoms with Gasteiger partial charge in [0.25, 0.3) is 0 Å². The van der Waals surface area contributed by atoms with E-state index in [-0.39, 0.29) is 28.6 Å². The van der Waals surface area contributed by atoms with Gasteiger partial charge in [-0.3, -0.25) is 0 Å². The fourth-order valence-electron chi connectivity index (χ4n) is 4.31. The Morgan fingerprint density at radius 3 is 2.06 bits per heavy atom. The lowest BCUT2D eigenvalue weighted by molar-refractivity contribution is 0.0486. The summed E-state index contributed by atoms with van der Waals surface area (Å²) in [7, 11) is 1.95. The molecule has 0 saturated carbocycles. The lowest BCUT2D eigenvalue weighted by Crippen LogP contribution is -2.26. The van der Waals surface area contributed by atoms with Crippen molar-refractivity contribution in [3.63, 3.8) is 0 Å². The lowest BCUT2D eigenvalue weighted by Gasteiger charge is -2.37. The van der Waals surface area contributed by atoms with Crippen molar-refractivity contribution < 1.29 is 13.9 Å². The summed E-state index contributed by atoms with van der Waals surface area (Å²) in [5.74, 6) is 0.795. The molecule has 0 aliphatic rings. The molecule has 2 nitrogen and oxygen atoms in total. The maximum atomic E-state index is 15.1. The van der Waals surface area contributed by atoms with Crippen LogP contribution in [0.15, 0.2) is 30.3 Å². The van der Waals surface area contributed by atoms with Crippen LogP contribution >= 0.6 is 8.58 Å². The average molecular weight is 489 g/mol. The van der Waals surface area contributed by atoms with Crippen LogP contribution < -0.4 is 10.0 Å². The first-order valence-corrected chi connectivity index (χ1v) is 13.6. The minimum atomic E-state index is -0.254. The Labute approximate surface area is 209 Å². The van der Waals surface area contributed by atoms with Crippen molar-refractivity contribution in [3.05, 3.63) is 58.4 Å². The van der Waals surface area contributed by atoms with Crippen molar-refractivity contribution in [3.8, 4) is 5.75 Å². The van der Waals surface area contributed by atoms with Crippen LogP contribution in [-0.4, -0.2) is 13.9 Å². The van der Waals surface area contributed by atoms with Crippen LogP contribution in [0.5, 0.6) is 5.75 Å². The number of hydrogen-bond acceptors (Lipinski definition) is 2. The molecule has 0 amide bonds. The molecule has 2 rings (SSSR count). The lowest BCUT2D eigenvalue weighted by atomic mass is 9.76. The molecule has 0 N–H and O–H groups in total. The first-order chi connectivity index (χ1) is 15.7. The minimum absolute atomic E-state index is 0.0168. The van der Waals surface area contributed by atoms with E-state index in [0.717, 1.165) is 42.3 Å². The normalized spacial score (nSPS) is 14.6. The summed E-state index contributed by atoms with van der Waals surface area (Å²) < 4.78 is 26.8. The maximum absolute atomic E-state index is 15.1. The molecule has 0 saturated heterocycles. The van der Waals surface area contributed by atoms with E-state index in [2.05, 4.69) is 67.5 Å². The maximum Gasteiger partial charge on any atom is 0.188 e. The van der Waals surface area contributed by atoms with Gasteiger partial charge < -0.3 is 9.47 Å². The summed E-state index contributed by atoms with van der Waals surface area (Å²) in [4.78, 5) is 0. The summed E-state index contributed by atoms with van der Waals surface area (Å²) in [6, 6.07) is 10.3. The molecular formula is C30H46FO2P. The minimum Gasteiger partial charge on any atom is -0.467 e. The molecule has 2 aromatic rings. The number of methoxy groups -OCH3 is 1. The van der Waals surface area contributed by atoms with E-state index in [1.807, 2.05) is 19.1 Å². The van der Waals surface area contributed by atoms with Gasteiger partial charge in [-0.25, -0.2) is 4.39 Å². The van der Waals surface area contributed by atoms with Gasteiger partial charge in [0.05, 0.1) is 0 Å². The van der Waals surface area contributed by atoms with Crippen LogP contribution in [0.1, 0.15) is 103 Å². The van der Waals surface area contributed by atoms with Crippen molar-refractivity contribution in [2.45, 2.75) is 104 Å². The Morgan fingerprint density at radius 2 is 1.53 bits per heavy atom. The summed E-state index contributed by atoms with van der Waals surface area (Å²) in [6.07, 6.45) is 4.39. The fourth-order valence-corrected chi connectivity index (χ4v) is 5.89. The molecule has 0 aliphatic heterocycles. The Hall–Kier alpha value is -1.44. The van der Waals surface area contributed by atoms with Crippen LogP contribution in [0.2, 0.25) is 0 Å². The summed E-state index contributed by atoms with van der Waals surface area (Å²) in [5.41, 5.74) is 4.47. The second kappa shape index (κ2) is 11.5. The van der Waals surface area contributed by atoms with Crippen molar-refractivity contribution in [1.82, 2.24) is 0 Å². The van der Waals surface area contributed by atoms with Gasteiger partial charge in [0.1, 0.15) is 11.6 Å². The Balaban J connectivity index is 2.82. The van der Waals surface area contributed by atoms with Gasteiger partial charge in [-0.1, -0.05) is 107 Å². The van der Waals surface area contributed by atoms with E-state index in [1.54, 1.807) is 13.2 Å². The third kappa shape index (κ3) is 7.28. The van der Waals surface area contributed by atoms with Crippen molar-refractivity contribution >= 4 is 13.9 Å². The number of ether oxygens (including phenoxy) is 2. The predicted octanol–water partition coefficient (Wildman–Crippen LogP) is 8.51. The highest BCUT2D eigenvalue weighted by molar-refractivity contribution is 7.48. The molecular weight excluding hydrogens is 442 g/mol. The standard InChI is InChI=1S/C30H46FO2P/c1-11-12-13-16-30(9,34-26-15-14-21(2)17-25(26)31)24-19-22(28(3,4)5)18-23(29(6,7)8)27(24)33-20-32-10/h14-15,17-19,34H,11-13,16,20H2,1-10H3. The fraction of sp³-hybridized carbons (Fsp3) is 0.600. The van der Waals surface area contributed by atoms with Gasteiger partial charge in [0, 0.05) is 28.7 Å². The third-order valence-corrected chi connectivity index (χ3v) is 8.24. The Morgan fingerprint density at radius 1 is 0.882 bits per heavy atom. The molecule has 0 spiro atoms. The third-order valence-electron chi connectivity index (χ3n) is 6.49. The topological polar surface area (TPSA) is 18.5 Å². The van der Waals surface area contributed by atoms with Crippen molar-refractivity contribution in [1.29, 1.82) is 0 Å². The summed E-state index contributed by atoms with van der Waals surface area (Å²) >= 11 is 0. The second-order valence-electron chi connectivity index (χ2n) is 11.8. The van der Waals surface area contributed by atoms with E-state index in [0.29, 0.717) is 8.58 Å². The molecule has 4 heteroatoms. The van der Waals surface area contributed by atoms with Gasteiger partial charge >= 0.3 is 0 Å². The molecule has 0 aromatic heterocycles. The average Bonchev–Trinajstić information content (AvgIpc) is 2.72. The molecule has 2 unspecified atom stereocenters. The number of rotatable bonds is 10. The van der Waals surface area contributed by atoms with E-state index in [1.165, 1.54) is 16.7 Å². The van der Waals surface area contributed by atoms with Gasteiger partial charge in [-0.15, -0.1) is 0 Å². The molecule has 0 heterocycles. The van der Waals surface area contributed by atoms with Crippen molar-refractivity contribution in [2.75, 3.05) is 13.9 Å². The first-order valence-electron chi connectivity index (χ1n) is 12.6. The first kappa shape index (κ1) is 28.8. The molecule has 190 valence electrons. The zero-order valence-corrected chi connectivity index (χ0v) is 24.1. The van der Waals surface area contributed by atoms with Crippen LogP contribution in [0.25, 0.3) is 0 Å². The summed E-state index contributed by atoms with van der Waals surface area (Å²) in [5, 5.41) is 0.538. The smallest absolute Gasteiger partial charge is 0.188 e. The largest absolute Gasteiger partial charge is 0.467 e. The zero-order chi connectivity index (χ0) is 25.7. The van der Waals surface area contributed by atoms with Crippen LogP contribution in [0.4, 0.5) is 4.39 Å². The van der Waals surface area contributed by atoms with Crippen LogP contribution in [0, 0.1) is 12.7 Å². The van der Waals surface area contributed by atoms with E-state index < -0.39 is 0 Å². The number of benzene rings is 2. The quantitative estimate of drug-likeness (QED) is 0.190. The number of hydrogen-bond donors (Lipinski definition) is 0. The second-order valence-corrected chi connectivity index (χ2v) is 13.7. The van der Waals surface area contributed by atoms with E-state index >= 15 is 4.39 Å². The monoisotopic (exact) mass is 488 g/mol. The van der Waals surface area contributed by atoms with E-state index in [4.69, 9.17) is 9.47 Å². The van der Waals surface area contributed by atoms with Crippen LogP contribution in [0.3, 0.4) is 0 Å². The molecule has 0 fully saturated rings. The predicted molar refractivity (Wildman–Crippen MR) is 147 cm³/mol. The molecule has 0 radical (unpaired) electrons. The van der Waals surface area contributed by atoms with E-state index in [9.17, 15) is 0 Å². The molecule has 34 heavy (non-hydrogen) atoms. The number of halogens is 1. The Bertz CT molecular complexity index is 955. The Kier molecular flexibility index (Phi) is 9.76. The highest BCUT2D eigenvalue weighted by Crippen LogP contribution is 2.52. The molecule has 2 aromatic carbocycles. The number of aryl methyl sites for hydroxylation is 1. The molecule has 2 atom stereocenters. The van der Waals surface area contributed by atoms with Gasteiger partial charge in [0.15, 0.2) is 6.79 Å². The van der Waals surface area contributed by atoms with Gasteiger partial charge in [0.2, 0.25) is 0 Å². The molecule has 0 aliphatic carbocycles. The van der Waals surface area contributed by atoms with Crippen LogP contribution in [-0.2, 0) is 20.7 Å². The zero-order valence-electron chi connectivity index (χ0n) is 23.1. The molecule has 0 bridgehead atoms. The SMILES string of the molecule is CCCCCC(C)(Pc1ccc(C)cc1F)c1cc(C(C)(C)C)cc(C(C)(C)C)c1OCOC. The van der Waals surface area contributed by atoms with Crippen molar-refractivity contribution in [2.24, 2.45) is 0 Å². The van der Waals surface area contributed by atoms with Gasteiger partial charge in [-0.2, -0.15) is 0 Å². The summed E-state index contributed by atoms with van der Waals surface area (Å²) in [6.45, 7) is 20.1. The highest BCUT2D eigenvalue weighted by atomic mass is 31.1. The highest BCUT2D eigenvalue weighted by Gasteiger charge is 2.36. The number of unbranched alkanes of at least 4 members (excludes halogenated alkanes) is 2. The van der Waals surface area contributed by atoms with Gasteiger partial charge in [-0.05, 0) is 41.4 Å².